The number of hydrogen-bond donors (Lipinski definition) is 0. The number of nitrogens with zero attached hydrogens (tertiary/aromatic N) is 2. The molecule has 0 amide bonds. The number of rotatable bonds is 11. The van der Waals surface area contributed by atoms with Gasteiger partial charge in [-0.05, 0) is 56.2 Å². The molecule has 3 rings (SSSR count). The molecule has 34 heavy (non-hydrogen) atoms. The zero-order valence-electron chi connectivity index (χ0n) is 20.4. The van der Waals surface area contributed by atoms with Gasteiger partial charge in [-0.25, -0.2) is 13.4 Å². The van der Waals surface area contributed by atoms with E-state index in [0.29, 0.717) is 5.01 Å². The molecule has 0 saturated carbocycles. The van der Waals surface area contributed by atoms with Gasteiger partial charge in [-0.1, -0.05) is 24.3 Å². The summed E-state index contributed by atoms with van der Waals surface area (Å²) < 4.78 is 45.5. The fourth-order valence-electron chi connectivity index (χ4n) is 3.61. The maximum atomic E-state index is 13.9. The maximum absolute atomic E-state index is 13.9. The number of hydrogen-bond acceptors (Lipinski definition) is 7. The third-order valence-corrected chi connectivity index (χ3v) is 9.13. The molecule has 2 atom stereocenters. The minimum absolute atomic E-state index is 0.217. The lowest BCUT2D eigenvalue weighted by molar-refractivity contribution is 0.100. The smallest absolute Gasteiger partial charge is 0.220 e. The Balaban J connectivity index is 1.95. The summed E-state index contributed by atoms with van der Waals surface area (Å²) in [6.45, 7) is 6.01. The first-order valence-electron chi connectivity index (χ1n) is 10.9. The van der Waals surface area contributed by atoms with E-state index in [1.807, 2.05) is 62.4 Å². The highest BCUT2D eigenvalue weighted by molar-refractivity contribution is 7.89. The van der Waals surface area contributed by atoms with Crippen molar-refractivity contribution in [2.75, 3.05) is 21.3 Å². The topological polar surface area (TPSA) is 78.0 Å². The average molecular weight is 505 g/mol. The molecule has 0 spiro atoms. The van der Waals surface area contributed by atoms with E-state index in [1.165, 1.54) is 22.8 Å². The lowest BCUT2D eigenvalue weighted by Gasteiger charge is -2.29. The number of aromatic nitrogens is 1. The molecule has 0 radical (unpaired) electrons. The largest absolute Gasteiger partial charge is 0.497 e. The summed E-state index contributed by atoms with van der Waals surface area (Å²) in [6, 6.07) is 14.8. The molecule has 0 aliphatic carbocycles. The first kappa shape index (κ1) is 26.2. The van der Waals surface area contributed by atoms with Gasteiger partial charge in [-0.2, -0.15) is 4.31 Å². The summed E-state index contributed by atoms with van der Waals surface area (Å²) in [7, 11) is 0.951. The zero-order valence-corrected chi connectivity index (χ0v) is 22.1. The second-order valence-electron chi connectivity index (χ2n) is 8.06. The lowest BCUT2D eigenvalue weighted by atomic mass is 10.2. The van der Waals surface area contributed by atoms with Crippen LogP contribution in [-0.4, -0.2) is 44.3 Å². The third-order valence-electron chi connectivity index (χ3n) is 5.83. The highest BCUT2D eigenvalue weighted by atomic mass is 32.2. The monoisotopic (exact) mass is 504 g/mol. The molecule has 7 nitrogen and oxygen atoms in total. The van der Waals surface area contributed by atoms with Crippen molar-refractivity contribution in [3.05, 3.63) is 75.2 Å². The highest BCUT2D eigenvalue weighted by Crippen LogP contribution is 2.33. The number of thiazole rings is 1. The molecule has 2 aromatic carbocycles. The number of aryl methyl sites for hydroxylation is 2. The standard InChI is InChI=1S/C25H32N2O5S2/c1-17-18(2)33-25(26-17)24(32-6)19(3)34(28,29)27(15-20-7-11-22(30-4)12-8-20)16-21-9-13-23(31-5)14-10-21/h7-14,19,24H,15-16H2,1-6H3/t19-,24+/m1/s1. The van der Waals surface area contributed by atoms with Gasteiger partial charge in [0, 0.05) is 25.1 Å². The number of ether oxygens (including phenoxy) is 3. The first-order chi connectivity index (χ1) is 16.2. The summed E-state index contributed by atoms with van der Waals surface area (Å²) in [5.74, 6) is 1.44. The second kappa shape index (κ2) is 11.3. The molecule has 3 aromatic rings. The Kier molecular flexibility index (Phi) is 8.70. The number of methoxy groups -OCH3 is 3. The SMILES string of the molecule is COc1ccc(CN(Cc2ccc(OC)cc2)S(=O)(=O)[C@H](C)[C@H](OC)c2nc(C)c(C)s2)cc1. The van der Waals surface area contributed by atoms with Gasteiger partial charge < -0.3 is 14.2 Å². The van der Waals surface area contributed by atoms with Crippen molar-refractivity contribution in [3.8, 4) is 11.5 Å². The zero-order chi connectivity index (χ0) is 24.9. The van der Waals surface area contributed by atoms with Crippen LogP contribution in [-0.2, 0) is 27.8 Å². The van der Waals surface area contributed by atoms with Crippen molar-refractivity contribution in [3.63, 3.8) is 0 Å². The number of sulfonamides is 1. The predicted molar refractivity (Wildman–Crippen MR) is 135 cm³/mol. The second-order valence-corrected chi connectivity index (χ2v) is 11.6. The van der Waals surface area contributed by atoms with Gasteiger partial charge in [0.2, 0.25) is 10.0 Å². The van der Waals surface area contributed by atoms with Crippen LogP contribution >= 0.6 is 11.3 Å². The molecule has 9 heteroatoms. The molecule has 1 heterocycles. The van der Waals surface area contributed by atoms with Gasteiger partial charge in [-0.15, -0.1) is 11.3 Å². The fourth-order valence-corrected chi connectivity index (χ4v) is 6.48. The normalized spacial score (nSPS) is 13.6. The number of benzene rings is 2. The molecule has 0 saturated heterocycles. The average Bonchev–Trinajstić information content (AvgIpc) is 3.17. The van der Waals surface area contributed by atoms with E-state index in [-0.39, 0.29) is 13.1 Å². The highest BCUT2D eigenvalue weighted by Gasteiger charge is 2.37. The van der Waals surface area contributed by atoms with E-state index in [9.17, 15) is 8.42 Å². The molecular weight excluding hydrogens is 472 g/mol. The van der Waals surface area contributed by atoms with Crippen LogP contribution in [0.4, 0.5) is 0 Å². The minimum atomic E-state index is -3.78. The third kappa shape index (κ3) is 5.96. The predicted octanol–water partition coefficient (Wildman–Crippen LogP) is 4.89. The Hall–Kier alpha value is -2.46. The Morgan fingerprint density at radius 1 is 0.882 bits per heavy atom. The summed E-state index contributed by atoms with van der Waals surface area (Å²) in [5, 5.41) is -0.165. The maximum Gasteiger partial charge on any atom is 0.220 e. The van der Waals surface area contributed by atoms with Crippen LogP contribution in [0.5, 0.6) is 11.5 Å². The molecule has 0 aliphatic heterocycles. The molecule has 1 aromatic heterocycles. The molecule has 184 valence electrons. The summed E-state index contributed by atoms with van der Waals surface area (Å²) in [5.41, 5.74) is 2.61. The van der Waals surface area contributed by atoms with E-state index in [4.69, 9.17) is 14.2 Å². The van der Waals surface area contributed by atoms with Gasteiger partial charge in [0.15, 0.2) is 0 Å². The van der Waals surface area contributed by atoms with Crippen molar-refractivity contribution in [1.82, 2.24) is 9.29 Å². The van der Waals surface area contributed by atoms with Crippen molar-refractivity contribution in [1.29, 1.82) is 0 Å². The lowest BCUT2D eigenvalue weighted by Crippen LogP contribution is -2.40. The van der Waals surface area contributed by atoms with Crippen LogP contribution < -0.4 is 9.47 Å². The van der Waals surface area contributed by atoms with Crippen LogP contribution in [0.2, 0.25) is 0 Å². The summed E-state index contributed by atoms with van der Waals surface area (Å²) in [4.78, 5) is 5.62. The van der Waals surface area contributed by atoms with E-state index < -0.39 is 21.4 Å². The Morgan fingerprint density at radius 3 is 1.71 bits per heavy atom. The van der Waals surface area contributed by atoms with Gasteiger partial charge in [0.25, 0.3) is 0 Å². The van der Waals surface area contributed by atoms with Crippen LogP contribution in [0, 0.1) is 13.8 Å². The van der Waals surface area contributed by atoms with Crippen LogP contribution in [0.1, 0.15) is 39.7 Å². The molecular formula is C25H32N2O5S2. The van der Waals surface area contributed by atoms with Crippen molar-refractivity contribution in [2.45, 2.75) is 45.2 Å². The molecule has 0 unspecified atom stereocenters. The van der Waals surface area contributed by atoms with Crippen molar-refractivity contribution in [2.24, 2.45) is 0 Å². The van der Waals surface area contributed by atoms with Crippen LogP contribution in [0.15, 0.2) is 48.5 Å². The van der Waals surface area contributed by atoms with Gasteiger partial charge in [-0.3, -0.25) is 0 Å². The van der Waals surface area contributed by atoms with E-state index >= 15 is 0 Å². The fraction of sp³-hybridized carbons (Fsp3) is 0.400. The molecule has 0 aliphatic rings. The van der Waals surface area contributed by atoms with E-state index in [0.717, 1.165) is 33.2 Å². The van der Waals surface area contributed by atoms with Gasteiger partial charge in [0.1, 0.15) is 27.9 Å². The first-order valence-corrected chi connectivity index (χ1v) is 13.2. The van der Waals surface area contributed by atoms with Gasteiger partial charge in [0.05, 0.1) is 19.9 Å². The Bertz CT molecular complexity index is 1110. The molecule has 0 fully saturated rings. The van der Waals surface area contributed by atoms with Crippen molar-refractivity contribution < 1.29 is 22.6 Å². The molecule has 0 N–H and O–H groups in total. The summed E-state index contributed by atoms with van der Waals surface area (Å²) in [6.07, 6.45) is -0.670. The Morgan fingerprint density at radius 2 is 1.35 bits per heavy atom. The van der Waals surface area contributed by atoms with Crippen LogP contribution in [0.3, 0.4) is 0 Å². The van der Waals surface area contributed by atoms with E-state index in [1.54, 1.807) is 21.1 Å². The van der Waals surface area contributed by atoms with Gasteiger partial charge >= 0.3 is 0 Å². The summed E-state index contributed by atoms with van der Waals surface area (Å²) >= 11 is 1.47. The quantitative estimate of drug-likeness (QED) is 0.370. The minimum Gasteiger partial charge on any atom is -0.497 e. The van der Waals surface area contributed by atoms with E-state index in [2.05, 4.69) is 4.98 Å². The van der Waals surface area contributed by atoms with Crippen molar-refractivity contribution >= 4 is 21.4 Å². The van der Waals surface area contributed by atoms with Crippen LogP contribution in [0.25, 0.3) is 0 Å². The molecule has 0 bridgehead atoms. The Labute approximate surface area is 206 Å².